The fourth-order valence-electron chi connectivity index (χ4n) is 2.84. The van der Waals surface area contributed by atoms with E-state index in [1.54, 1.807) is 12.1 Å². The predicted molar refractivity (Wildman–Crippen MR) is 105 cm³/mol. The van der Waals surface area contributed by atoms with E-state index in [2.05, 4.69) is 10.6 Å². The molecule has 0 aliphatic rings. The lowest BCUT2D eigenvalue weighted by Gasteiger charge is -2.10. The van der Waals surface area contributed by atoms with Gasteiger partial charge in [0.2, 0.25) is 11.8 Å². The molecule has 0 atom stereocenters. The number of nitro benzene ring substituents is 1. The number of aryl methyl sites for hydroxylation is 1. The number of rotatable bonds is 7. The molecule has 0 aliphatic carbocycles. The third-order valence-corrected chi connectivity index (χ3v) is 4.28. The molecular weight excluding hydrogens is 380 g/mol. The summed E-state index contributed by atoms with van der Waals surface area (Å²) in [5.74, 6) is -1.80. The minimum atomic E-state index is -0.822. The number of carbonyl (C=O) groups excluding carboxylic acids is 2. The van der Waals surface area contributed by atoms with Crippen LogP contribution in [0.1, 0.15) is 12.5 Å². The molecule has 2 aromatic carbocycles. The largest absolute Gasteiger partial charge is 0.420 e. The van der Waals surface area contributed by atoms with Crippen LogP contribution in [0.4, 0.5) is 11.4 Å². The Balaban J connectivity index is 1.63. The predicted octanol–water partition coefficient (Wildman–Crippen LogP) is 1.82. The van der Waals surface area contributed by atoms with Gasteiger partial charge in [0, 0.05) is 11.8 Å². The van der Waals surface area contributed by atoms with Gasteiger partial charge in [-0.2, -0.15) is 0 Å². The molecule has 3 rings (SSSR count). The van der Waals surface area contributed by atoms with Crippen molar-refractivity contribution < 1.29 is 18.9 Å². The summed E-state index contributed by atoms with van der Waals surface area (Å²) in [4.78, 5) is 46.4. The normalized spacial score (nSPS) is 10.7. The van der Waals surface area contributed by atoms with Crippen LogP contribution in [0.5, 0.6) is 0 Å². The summed E-state index contributed by atoms with van der Waals surface area (Å²) in [6.07, 6.45) is 0.747. The Labute approximate surface area is 164 Å². The number of nitrogens with one attached hydrogen (secondary N) is 2. The van der Waals surface area contributed by atoms with Gasteiger partial charge in [-0.15, -0.1) is 0 Å². The van der Waals surface area contributed by atoms with Crippen molar-refractivity contribution in [2.24, 2.45) is 0 Å². The number of nitro groups is 1. The zero-order valence-corrected chi connectivity index (χ0v) is 15.5. The first-order chi connectivity index (χ1) is 13.9. The fraction of sp³-hybridized carbons (Fsp3) is 0.211. The highest BCUT2D eigenvalue weighted by atomic mass is 16.6. The van der Waals surface area contributed by atoms with Gasteiger partial charge in [0.25, 0.3) is 5.69 Å². The number of fused-ring (bicyclic) bond motifs is 1. The average molecular weight is 398 g/mol. The standard InChI is InChI=1S/C19H18N4O6/c1-2-12-5-3-4-6-14(12)21-17(24)10-20-18(25)11-22-15-8-7-13(23(27)28)9-16(15)29-19(22)26/h3-9H,2,10-11H2,1H3,(H,20,25)(H,21,24). The molecule has 29 heavy (non-hydrogen) atoms. The van der Waals surface area contributed by atoms with E-state index in [-0.39, 0.29) is 29.9 Å². The highest BCUT2D eigenvalue weighted by Gasteiger charge is 2.16. The van der Waals surface area contributed by atoms with Gasteiger partial charge in [-0.3, -0.25) is 24.3 Å². The molecule has 150 valence electrons. The second-order valence-electron chi connectivity index (χ2n) is 6.20. The SMILES string of the molecule is CCc1ccccc1NC(=O)CNC(=O)Cn1c(=O)oc2cc([N+](=O)[O-])ccc21. The molecule has 10 nitrogen and oxygen atoms in total. The number of anilines is 1. The average Bonchev–Trinajstić information content (AvgIpc) is 3.01. The molecule has 0 radical (unpaired) electrons. The number of benzene rings is 2. The summed E-state index contributed by atoms with van der Waals surface area (Å²) >= 11 is 0. The number of oxazole rings is 1. The van der Waals surface area contributed by atoms with Crippen molar-refractivity contribution in [3.8, 4) is 0 Å². The number of nitrogens with zero attached hydrogens (tertiary/aromatic N) is 2. The van der Waals surface area contributed by atoms with Crippen LogP contribution in [0, 0.1) is 10.1 Å². The maximum Gasteiger partial charge on any atom is 0.420 e. The molecule has 0 unspecified atom stereocenters. The maximum atomic E-state index is 12.2. The van der Waals surface area contributed by atoms with E-state index in [4.69, 9.17) is 4.42 Å². The fourth-order valence-corrected chi connectivity index (χ4v) is 2.84. The van der Waals surface area contributed by atoms with E-state index in [1.165, 1.54) is 12.1 Å². The lowest BCUT2D eigenvalue weighted by molar-refractivity contribution is -0.384. The van der Waals surface area contributed by atoms with E-state index < -0.39 is 22.5 Å². The maximum absolute atomic E-state index is 12.2. The highest BCUT2D eigenvalue weighted by Crippen LogP contribution is 2.20. The lowest BCUT2D eigenvalue weighted by atomic mass is 10.1. The summed E-state index contributed by atoms with van der Waals surface area (Å²) in [5, 5.41) is 16.0. The van der Waals surface area contributed by atoms with Crippen molar-refractivity contribution in [1.82, 2.24) is 9.88 Å². The van der Waals surface area contributed by atoms with Crippen LogP contribution in [0.25, 0.3) is 11.1 Å². The zero-order chi connectivity index (χ0) is 21.0. The van der Waals surface area contributed by atoms with Gasteiger partial charge in [-0.1, -0.05) is 25.1 Å². The first-order valence-electron chi connectivity index (χ1n) is 8.81. The third kappa shape index (κ3) is 4.49. The Morgan fingerprint density at radius 1 is 1.17 bits per heavy atom. The first kappa shape index (κ1) is 19.8. The van der Waals surface area contributed by atoms with Gasteiger partial charge in [0.15, 0.2) is 5.58 Å². The van der Waals surface area contributed by atoms with Crippen LogP contribution in [-0.2, 0) is 22.6 Å². The molecule has 2 N–H and O–H groups in total. The van der Waals surface area contributed by atoms with E-state index in [0.29, 0.717) is 5.69 Å². The van der Waals surface area contributed by atoms with Crippen molar-refractivity contribution in [1.29, 1.82) is 0 Å². The minimum Gasteiger partial charge on any atom is -0.407 e. The van der Waals surface area contributed by atoms with Gasteiger partial charge in [0.1, 0.15) is 6.54 Å². The van der Waals surface area contributed by atoms with Crippen LogP contribution in [0.15, 0.2) is 51.7 Å². The lowest BCUT2D eigenvalue weighted by Crippen LogP contribution is -2.36. The van der Waals surface area contributed by atoms with Gasteiger partial charge >= 0.3 is 5.76 Å². The molecule has 0 fully saturated rings. The number of non-ortho nitro benzene ring substituents is 1. The number of amides is 2. The minimum absolute atomic E-state index is 0.00548. The molecule has 2 amide bonds. The van der Waals surface area contributed by atoms with E-state index in [1.807, 2.05) is 19.1 Å². The summed E-state index contributed by atoms with van der Waals surface area (Å²) in [6, 6.07) is 11.0. The number of carbonyl (C=O) groups is 2. The third-order valence-electron chi connectivity index (χ3n) is 4.28. The smallest absolute Gasteiger partial charge is 0.407 e. The Morgan fingerprint density at radius 2 is 1.93 bits per heavy atom. The first-order valence-corrected chi connectivity index (χ1v) is 8.81. The summed E-state index contributed by atoms with van der Waals surface area (Å²) in [6.45, 7) is 1.31. The molecule has 0 aliphatic heterocycles. The van der Waals surface area contributed by atoms with Crippen molar-refractivity contribution in [3.63, 3.8) is 0 Å². The molecule has 0 bridgehead atoms. The topological polar surface area (TPSA) is 136 Å². The molecule has 0 saturated carbocycles. The van der Waals surface area contributed by atoms with Crippen LogP contribution in [0.3, 0.4) is 0 Å². The molecule has 0 spiro atoms. The molecule has 10 heteroatoms. The summed E-state index contributed by atoms with van der Waals surface area (Å²) in [7, 11) is 0. The quantitative estimate of drug-likeness (QED) is 0.460. The number of para-hydroxylation sites is 1. The molecule has 1 aromatic heterocycles. The van der Waals surface area contributed by atoms with Crippen LogP contribution < -0.4 is 16.4 Å². The second-order valence-corrected chi connectivity index (χ2v) is 6.20. The number of hydrogen-bond acceptors (Lipinski definition) is 6. The second kappa shape index (κ2) is 8.38. The monoisotopic (exact) mass is 398 g/mol. The molecule has 0 saturated heterocycles. The van der Waals surface area contributed by atoms with Crippen molar-refractivity contribution in [3.05, 3.63) is 68.7 Å². The number of hydrogen-bond donors (Lipinski definition) is 2. The van der Waals surface area contributed by atoms with Gasteiger partial charge in [-0.25, -0.2) is 4.79 Å². The molecule has 3 aromatic rings. The van der Waals surface area contributed by atoms with Gasteiger partial charge < -0.3 is 15.1 Å². The Bertz CT molecular complexity index is 1150. The van der Waals surface area contributed by atoms with Crippen LogP contribution >= 0.6 is 0 Å². The summed E-state index contributed by atoms with van der Waals surface area (Å²) < 4.78 is 6.00. The Morgan fingerprint density at radius 3 is 2.66 bits per heavy atom. The Hall–Kier alpha value is -3.95. The van der Waals surface area contributed by atoms with E-state index >= 15 is 0 Å². The van der Waals surface area contributed by atoms with Crippen molar-refractivity contribution >= 4 is 34.3 Å². The number of aromatic nitrogens is 1. The van der Waals surface area contributed by atoms with Gasteiger partial charge in [0.05, 0.1) is 23.1 Å². The van der Waals surface area contributed by atoms with Crippen LogP contribution in [-0.4, -0.2) is 27.8 Å². The van der Waals surface area contributed by atoms with Crippen molar-refractivity contribution in [2.45, 2.75) is 19.9 Å². The van der Waals surface area contributed by atoms with E-state index in [0.717, 1.165) is 22.6 Å². The van der Waals surface area contributed by atoms with Crippen LogP contribution in [0.2, 0.25) is 0 Å². The molecule has 1 heterocycles. The summed E-state index contributed by atoms with van der Waals surface area (Å²) in [5.41, 5.74) is 1.67. The van der Waals surface area contributed by atoms with E-state index in [9.17, 15) is 24.5 Å². The highest BCUT2D eigenvalue weighted by molar-refractivity contribution is 5.95. The Kier molecular flexibility index (Phi) is 5.72. The van der Waals surface area contributed by atoms with Gasteiger partial charge in [-0.05, 0) is 24.1 Å². The molecular formula is C19H18N4O6. The zero-order valence-electron chi connectivity index (χ0n) is 15.5. The van der Waals surface area contributed by atoms with Crippen molar-refractivity contribution in [2.75, 3.05) is 11.9 Å².